The number of rotatable bonds is 4. The Bertz CT molecular complexity index is 622. The van der Waals surface area contributed by atoms with Crippen LogP contribution in [0.3, 0.4) is 0 Å². The molecule has 0 spiro atoms. The minimum absolute atomic E-state index is 0.187. The first-order valence-electron chi connectivity index (χ1n) is 6.32. The SMILES string of the molecule is Cc1ccccc1C(O)CNC(=O)c1cc(Br)cn1C. The molecule has 0 aliphatic heterocycles. The third-order valence-electron chi connectivity index (χ3n) is 3.21. The predicted octanol–water partition coefficient (Wildman–Crippen LogP) is 2.56. The molecule has 20 heavy (non-hydrogen) atoms. The van der Waals surface area contributed by atoms with Crippen LogP contribution in [0.5, 0.6) is 0 Å². The highest BCUT2D eigenvalue weighted by Crippen LogP contribution is 2.17. The summed E-state index contributed by atoms with van der Waals surface area (Å²) < 4.78 is 2.59. The van der Waals surface area contributed by atoms with Crippen molar-refractivity contribution in [2.45, 2.75) is 13.0 Å². The van der Waals surface area contributed by atoms with Gasteiger partial charge in [0.2, 0.25) is 0 Å². The Morgan fingerprint density at radius 3 is 2.75 bits per heavy atom. The average molecular weight is 337 g/mol. The van der Waals surface area contributed by atoms with Crippen molar-refractivity contribution >= 4 is 21.8 Å². The van der Waals surface area contributed by atoms with E-state index in [2.05, 4.69) is 21.2 Å². The molecule has 4 nitrogen and oxygen atoms in total. The van der Waals surface area contributed by atoms with E-state index in [1.54, 1.807) is 17.7 Å². The van der Waals surface area contributed by atoms with Gasteiger partial charge in [-0.2, -0.15) is 0 Å². The van der Waals surface area contributed by atoms with E-state index >= 15 is 0 Å². The van der Waals surface area contributed by atoms with Crippen LogP contribution in [0.4, 0.5) is 0 Å². The second kappa shape index (κ2) is 6.24. The maximum atomic E-state index is 12.0. The summed E-state index contributed by atoms with van der Waals surface area (Å²) in [6, 6.07) is 9.35. The lowest BCUT2D eigenvalue weighted by molar-refractivity contribution is 0.0908. The largest absolute Gasteiger partial charge is 0.387 e. The quantitative estimate of drug-likeness (QED) is 0.901. The molecule has 5 heteroatoms. The Morgan fingerprint density at radius 2 is 2.15 bits per heavy atom. The molecule has 0 saturated carbocycles. The van der Waals surface area contributed by atoms with E-state index in [-0.39, 0.29) is 12.5 Å². The van der Waals surface area contributed by atoms with Crippen LogP contribution in [0.25, 0.3) is 0 Å². The zero-order valence-electron chi connectivity index (χ0n) is 11.4. The molecule has 1 atom stereocenters. The highest BCUT2D eigenvalue weighted by molar-refractivity contribution is 9.10. The third-order valence-corrected chi connectivity index (χ3v) is 3.64. The lowest BCUT2D eigenvalue weighted by Gasteiger charge is -2.14. The zero-order valence-corrected chi connectivity index (χ0v) is 13.0. The fourth-order valence-corrected chi connectivity index (χ4v) is 2.62. The second-order valence-electron chi connectivity index (χ2n) is 4.74. The minimum atomic E-state index is -0.705. The number of nitrogens with one attached hydrogen (secondary N) is 1. The molecule has 1 aromatic heterocycles. The molecule has 106 valence electrons. The molecular formula is C15H17BrN2O2. The van der Waals surface area contributed by atoms with Gasteiger partial charge in [-0.05, 0) is 40.0 Å². The summed E-state index contributed by atoms with van der Waals surface area (Å²) in [7, 11) is 1.80. The van der Waals surface area contributed by atoms with Crippen LogP contribution in [0.1, 0.15) is 27.7 Å². The van der Waals surface area contributed by atoms with E-state index in [0.29, 0.717) is 5.69 Å². The van der Waals surface area contributed by atoms with Gasteiger partial charge in [0, 0.05) is 24.3 Å². The molecule has 1 unspecified atom stereocenters. The van der Waals surface area contributed by atoms with Crippen LogP contribution >= 0.6 is 15.9 Å². The third kappa shape index (κ3) is 3.29. The molecule has 2 N–H and O–H groups in total. The van der Waals surface area contributed by atoms with Gasteiger partial charge in [0.1, 0.15) is 5.69 Å². The monoisotopic (exact) mass is 336 g/mol. The van der Waals surface area contributed by atoms with Crippen molar-refractivity contribution in [3.63, 3.8) is 0 Å². The van der Waals surface area contributed by atoms with E-state index in [9.17, 15) is 9.90 Å². The van der Waals surface area contributed by atoms with Crippen molar-refractivity contribution in [2.75, 3.05) is 6.54 Å². The van der Waals surface area contributed by atoms with Crippen molar-refractivity contribution in [2.24, 2.45) is 7.05 Å². The molecular weight excluding hydrogens is 320 g/mol. The molecule has 2 aromatic rings. The number of aliphatic hydroxyl groups is 1. The maximum Gasteiger partial charge on any atom is 0.268 e. The number of amides is 1. The number of carbonyl (C=O) groups excluding carboxylic acids is 1. The lowest BCUT2D eigenvalue weighted by Crippen LogP contribution is -2.29. The van der Waals surface area contributed by atoms with E-state index in [1.807, 2.05) is 37.4 Å². The van der Waals surface area contributed by atoms with Crippen molar-refractivity contribution in [1.82, 2.24) is 9.88 Å². The number of hydrogen-bond donors (Lipinski definition) is 2. The van der Waals surface area contributed by atoms with Gasteiger partial charge in [0.15, 0.2) is 0 Å². The number of benzene rings is 1. The molecule has 0 fully saturated rings. The van der Waals surface area contributed by atoms with E-state index in [4.69, 9.17) is 0 Å². The number of aliphatic hydroxyl groups excluding tert-OH is 1. The van der Waals surface area contributed by atoms with Crippen LogP contribution in [-0.4, -0.2) is 22.1 Å². The van der Waals surface area contributed by atoms with Gasteiger partial charge in [-0.25, -0.2) is 0 Å². The van der Waals surface area contributed by atoms with Crippen LogP contribution in [0, 0.1) is 6.92 Å². The zero-order chi connectivity index (χ0) is 14.7. The highest BCUT2D eigenvalue weighted by Gasteiger charge is 2.14. The number of halogens is 1. The normalized spacial score (nSPS) is 12.2. The Hall–Kier alpha value is -1.59. The van der Waals surface area contributed by atoms with Gasteiger partial charge in [-0.15, -0.1) is 0 Å². The molecule has 1 aromatic carbocycles. The number of carbonyl (C=O) groups is 1. The number of aromatic nitrogens is 1. The summed E-state index contributed by atoms with van der Waals surface area (Å²) in [6.07, 6.45) is 1.11. The maximum absolute atomic E-state index is 12.0. The predicted molar refractivity (Wildman–Crippen MR) is 81.6 cm³/mol. The molecule has 0 aliphatic carbocycles. The van der Waals surface area contributed by atoms with Crippen LogP contribution in [0.15, 0.2) is 41.0 Å². The highest BCUT2D eigenvalue weighted by atomic mass is 79.9. The van der Waals surface area contributed by atoms with Crippen LogP contribution < -0.4 is 5.32 Å². The van der Waals surface area contributed by atoms with E-state index in [0.717, 1.165) is 15.6 Å². The molecule has 0 saturated heterocycles. The topological polar surface area (TPSA) is 54.3 Å². The Kier molecular flexibility index (Phi) is 4.62. The van der Waals surface area contributed by atoms with Gasteiger partial charge in [0.05, 0.1) is 6.10 Å². The first-order valence-corrected chi connectivity index (χ1v) is 7.12. The van der Waals surface area contributed by atoms with Crippen molar-refractivity contribution in [3.8, 4) is 0 Å². The minimum Gasteiger partial charge on any atom is -0.387 e. The molecule has 1 heterocycles. The summed E-state index contributed by atoms with van der Waals surface area (Å²) >= 11 is 3.33. The fourth-order valence-electron chi connectivity index (χ4n) is 2.10. The van der Waals surface area contributed by atoms with Crippen LogP contribution in [0.2, 0.25) is 0 Å². The summed E-state index contributed by atoms with van der Waals surface area (Å²) in [4.78, 5) is 12.0. The van der Waals surface area contributed by atoms with E-state index < -0.39 is 6.10 Å². The van der Waals surface area contributed by atoms with Gasteiger partial charge in [0.25, 0.3) is 5.91 Å². The Balaban J connectivity index is 2.00. The fraction of sp³-hybridized carbons (Fsp3) is 0.267. The van der Waals surface area contributed by atoms with Gasteiger partial charge < -0.3 is 15.0 Å². The summed E-state index contributed by atoms with van der Waals surface area (Å²) in [5.41, 5.74) is 2.39. The van der Waals surface area contributed by atoms with Crippen molar-refractivity contribution in [3.05, 3.63) is 57.8 Å². The summed E-state index contributed by atoms with van der Waals surface area (Å²) in [5.74, 6) is -0.203. The molecule has 2 rings (SSSR count). The van der Waals surface area contributed by atoms with Crippen LogP contribution in [-0.2, 0) is 7.05 Å². The number of aryl methyl sites for hydroxylation is 2. The lowest BCUT2D eigenvalue weighted by atomic mass is 10.0. The number of nitrogens with zero attached hydrogens (tertiary/aromatic N) is 1. The molecule has 0 aliphatic rings. The average Bonchev–Trinajstić information content (AvgIpc) is 2.75. The van der Waals surface area contributed by atoms with E-state index in [1.165, 1.54) is 0 Å². The Morgan fingerprint density at radius 1 is 1.45 bits per heavy atom. The molecule has 0 radical (unpaired) electrons. The molecule has 0 bridgehead atoms. The van der Waals surface area contributed by atoms with Crippen molar-refractivity contribution < 1.29 is 9.90 Å². The summed E-state index contributed by atoms with van der Waals surface area (Å²) in [6.45, 7) is 2.13. The standard InChI is InChI=1S/C15H17BrN2O2/c1-10-5-3-4-6-12(10)14(19)8-17-15(20)13-7-11(16)9-18(13)2/h3-7,9,14,19H,8H2,1-2H3,(H,17,20). The van der Waals surface area contributed by atoms with Gasteiger partial charge in [-0.1, -0.05) is 24.3 Å². The van der Waals surface area contributed by atoms with Gasteiger partial charge in [-0.3, -0.25) is 4.79 Å². The van der Waals surface area contributed by atoms with Gasteiger partial charge >= 0.3 is 0 Å². The first-order chi connectivity index (χ1) is 9.49. The smallest absolute Gasteiger partial charge is 0.268 e. The molecule has 1 amide bonds. The Labute approximate surface area is 126 Å². The second-order valence-corrected chi connectivity index (χ2v) is 5.65. The van der Waals surface area contributed by atoms with Crippen molar-refractivity contribution in [1.29, 1.82) is 0 Å². The number of hydrogen-bond acceptors (Lipinski definition) is 2. The summed E-state index contributed by atoms with van der Waals surface area (Å²) in [5, 5.41) is 12.9. The first kappa shape index (κ1) is 14.8.